The van der Waals surface area contributed by atoms with Crippen molar-refractivity contribution in [1.29, 1.82) is 0 Å². The second-order valence-corrected chi connectivity index (χ2v) is 11.9. The predicted molar refractivity (Wildman–Crippen MR) is 146 cm³/mol. The molecule has 2 aliphatic rings. The molecule has 240 valence electrons. The van der Waals surface area contributed by atoms with Crippen LogP contribution in [0.2, 0.25) is 0 Å². The highest BCUT2D eigenvalue weighted by Gasteiger charge is 2.61. The summed E-state index contributed by atoms with van der Waals surface area (Å²) < 4.78 is 122. The van der Waals surface area contributed by atoms with Crippen LogP contribution in [0.5, 0.6) is 11.5 Å². The maximum Gasteiger partial charge on any atom is 0.416 e. The van der Waals surface area contributed by atoms with E-state index in [1.165, 1.54) is 31.4 Å². The van der Waals surface area contributed by atoms with Gasteiger partial charge in [-0.15, -0.1) is 0 Å². The number of carbonyl (C=O) groups is 2. The summed E-state index contributed by atoms with van der Waals surface area (Å²) in [6.45, 7) is -0.0944. The zero-order chi connectivity index (χ0) is 32.3. The van der Waals surface area contributed by atoms with Crippen LogP contribution >= 0.6 is 0 Å². The molecule has 1 aliphatic heterocycles. The largest absolute Gasteiger partial charge is 0.497 e. The molecule has 2 atom stereocenters. The van der Waals surface area contributed by atoms with Gasteiger partial charge in [-0.05, 0) is 67.5 Å². The number of carbonyl (C=O) groups excluding carboxylic acids is 2. The molecule has 0 bridgehead atoms. The van der Waals surface area contributed by atoms with Gasteiger partial charge in [-0.25, -0.2) is 8.60 Å². The van der Waals surface area contributed by atoms with E-state index in [2.05, 4.69) is 4.72 Å². The Balaban J connectivity index is 1.66. The molecular weight excluding hydrogens is 621 g/mol. The van der Waals surface area contributed by atoms with Gasteiger partial charge < -0.3 is 14.8 Å². The summed E-state index contributed by atoms with van der Waals surface area (Å²) >= 11 is 0. The highest BCUT2D eigenvalue weighted by molar-refractivity contribution is 7.84. The van der Waals surface area contributed by atoms with Crippen LogP contribution in [0.15, 0.2) is 48.0 Å². The van der Waals surface area contributed by atoms with Gasteiger partial charge in [0, 0.05) is 24.5 Å². The molecule has 0 aromatic heterocycles. The summed E-state index contributed by atoms with van der Waals surface area (Å²) in [5.41, 5.74) is -5.23. The second-order valence-electron chi connectivity index (χ2n) is 10.5. The summed E-state index contributed by atoms with van der Waals surface area (Å²) in [6, 6.07) is 8.09. The Morgan fingerprint density at radius 2 is 1.68 bits per heavy atom. The molecule has 2 amide bonds. The molecule has 1 unspecified atom stereocenters. The average molecular weight is 651 g/mol. The maximum atomic E-state index is 15.4. The molecular formula is C29H29F7N2O5S. The molecule has 1 fully saturated rings. The van der Waals surface area contributed by atoms with E-state index in [9.17, 15) is 40.1 Å². The van der Waals surface area contributed by atoms with Crippen molar-refractivity contribution in [3.8, 4) is 11.5 Å². The minimum absolute atomic E-state index is 0.0579. The fourth-order valence-corrected chi connectivity index (χ4v) is 5.81. The number of amides is 2. The number of halogens is 7. The first kappa shape index (κ1) is 33.3. The Hall–Kier alpha value is -3.62. The summed E-state index contributed by atoms with van der Waals surface area (Å²) in [4.78, 5) is 26.4. The minimum Gasteiger partial charge on any atom is -0.497 e. The zero-order valence-corrected chi connectivity index (χ0v) is 24.2. The molecule has 0 radical (unpaired) electrons. The summed E-state index contributed by atoms with van der Waals surface area (Å²) in [6.07, 6.45) is -10.2. The molecule has 44 heavy (non-hydrogen) atoms. The number of hydrogen-bond donors (Lipinski definition) is 2. The van der Waals surface area contributed by atoms with Gasteiger partial charge in [-0.3, -0.25) is 14.3 Å². The van der Waals surface area contributed by atoms with Crippen molar-refractivity contribution in [3.05, 3.63) is 65.0 Å². The van der Waals surface area contributed by atoms with Crippen molar-refractivity contribution < 1.29 is 54.0 Å². The van der Waals surface area contributed by atoms with Crippen LogP contribution < -0.4 is 19.5 Å². The third kappa shape index (κ3) is 7.71. The van der Waals surface area contributed by atoms with Gasteiger partial charge in [0.25, 0.3) is 11.8 Å². The second kappa shape index (κ2) is 13.2. The van der Waals surface area contributed by atoms with Gasteiger partial charge in [0.05, 0.1) is 19.0 Å². The summed E-state index contributed by atoms with van der Waals surface area (Å²) in [5, 5.41) is 1.50. The van der Waals surface area contributed by atoms with Crippen LogP contribution in [0.1, 0.15) is 56.1 Å². The number of alkyl halides is 6. The Morgan fingerprint density at radius 3 is 2.25 bits per heavy atom. The number of hydrogen-bond acceptors (Lipinski definition) is 5. The van der Waals surface area contributed by atoms with Crippen molar-refractivity contribution in [1.82, 2.24) is 10.0 Å². The van der Waals surface area contributed by atoms with E-state index >= 15 is 4.39 Å². The lowest BCUT2D eigenvalue weighted by molar-refractivity contribution is -0.202. The third-order valence-corrected chi connectivity index (χ3v) is 8.70. The Morgan fingerprint density at radius 1 is 1.02 bits per heavy atom. The lowest BCUT2D eigenvalue weighted by atomic mass is 9.76. The fraction of sp³-hybridized carbons (Fsp3) is 0.448. The standard InChI is InChI=1S/C29H29F7N2O5S/c1-42-18-7-5-17(6-8-18)21-16-27(29(34,35)36,37-25(39)24(21)26(40)38-44(41)20-10-11-20)22-12-9-19(15-23(22)30)43-14-4-2-3-13-28(31,32)33/h5-9,12,15,20H,2-4,10-11,13-14,16H2,1H3,(H,37,39)(H,38,40)/t27-,44?/m0/s1. The summed E-state index contributed by atoms with van der Waals surface area (Å²) in [7, 11) is -0.483. The van der Waals surface area contributed by atoms with Crippen LogP contribution in [0.25, 0.3) is 5.57 Å². The smallest absolute Gasteiger partial charge is 0.416 e. The highest BCUT2D eigenvalue weighted by Crippen LogP contribution is 2.49. The number of unbranched alkanes of at least 4 members (excludes halogenated alkanes) is 2. The van der Waals surface area contributed by atoms with Crippen LogP contribution in [0.3, 0.4) is 0 Å². The SMILES string of the molecule is COc1ccc(C2=C(C(=O)NS(=O)C3CC3)C(=O)N[C@@](c3ccc(OCCCCCC(F)(F)F)cc3F)(C(F)(F)F)C2)cc1. The molecule has 1 aliphatic carbocycles. The van der Waals surface area contributed by atoms with E-state index in [4.69, 9.17) is 9.47 Å². The van der Waals surface area contributed by atoms with Crippen LogP contribution in [-0.2, 0) is 26.1 Å². The lowest BCUT2D eigenvalue weighted by Crippen LogP contribution is -2.60. The van der Waals surface area contributed by atoms with Crippen molar-refractivity contribution in [2.45, 2.75) is 68.1 Å². The van der Waals surface area contributed by atoms with Gasteiger partial charge in [-0.1, -0.05) is 12.1 Å². The van der Waals surface area contributed by atoms with Gasteiger partial charge >= 0.3 is 12.4 Å². The van der Waals surface area contributed by atoms with E-state index in [1.807, 2.05) is 5.32 Å². The van der Waals surface area contributed by atoms with Gasteiger partial charge in [0.1, 0.15) is 33.9 Å². The van der Waals surface area contributed by atoms with Gasteiger partial charge in [0.15, 0.2) is 5.54 Å². The molecule has 2 aromatic carbocycles. The number of ether oxygens (including phenoxy) is 2. The quantitative estimate of drug-likeness (QED) is 0.167. The van der Waals surface area contributed by atoms with Crippen molar-refractivity contribution in [2.75, 3.05) is 13.7 Å². The normalized spacial score (nSPS) is 19.8. The number of nitrogens with one attached hydrogen (secondary N) is 2. The maximum absolute atomic E-state index is 15.4. The van der Waals surface area contributed by atoms with Gasteiger partial charge in [0.2, 0.25) is 0 Å². The first-order valence-corrected chi connectivity index (χ1v) is 14.8. The molecule has 2 aromatic rings. The molecule has 7 nitrogen and oxygen atoms in total. The first-order chi connectivity index (χ1) is 20.6. The van der Waals surface area contributed by atoms with Crippen molar-refractivity contribution >= 4 is 28.4 Å². The van der Waals surface area contributed by atoms with E-state index < -0.39 is 70.5 Å². The van der Waals surface area contributed by atoms with Crippen molar-refractivity contribution in [3.63, 3.8) is 0 Å². The number of methoxy groups -OCH3 is 1. The summed E-state index contributed by atoms with van der Waals surface area (Å²) in [5.74, 6) is -3.75. The van der Waals surface area contributed by atoms with E-state index in [0.717, 1.165) is 12.1 Å². The first-order valence-electron chi connectivity index (χ1n) is 13.6. The van der Waals surface area contributed by atoms with Crippen LogP contribution in [0, 0.1) is 5.82 Å². The third-order valence-electron chi connectivity index (χ3n) is 7.24. The molecule has 1 saturated carbocycles. The average Bonchev–Trinajstić information content (AvgIpc) is 3.79. The number of rotatable bonds is 12. The minimum atomic E-state index is -5.26. The topological polar surface area (TPSA) is 93.7 Å². The zero-order valence-electron chi connectivity index (χ0n) is 23.4. The molecule has 0 spiro atoms. The fourth-order valence-electron chi connectivity index (χ4n) is 4.79. The molecule has 4 rings (SSSR count). The molecule has 0 saturated heterocycles. The molecule has 2 N–H and O–H groups in total. The number of benzene rings is 2. The monoisotopic (exact) mass is 650 g/mol. The Kier molecular flexibility index (Phi) is 9.96. The van der Waals surface area contributed by atoms with E-state index in [1.54, 1.807) is 0 Å². The van der Waals surface area contributed by atoms with Crippen LogP contribution in [-0.4, -0.2) is 47.3 Å². The van der Waals surface area contributed by atoms with E-state index in [0.29, 0.717) is 24.7 Å². The lowest BCUT2D eigenvalue weighted by Gasteiger charge is -2.41. The van der Waals surface area contributed by atoms with Crippen LogP contribution in [0.4, 0.5) is 30.7 Å². The van der Waals surface area contributed by atoms with E-state index in [-0.39, 0.29) is 48.0 Å². The van der Waals surface area contributed by atoms with Gasteiger partial charge in [-0.2, -0.15) is 26.3 Å². The predicted octanol–water partition coefficient (Wildman–Crippen LogP) is 6.01. The molecule has 15 heteroatoms. The molecule has 1 heterocycles. The highest BCUT2D eigenvalue weighted by atomic mass is 32.2. The Labute approximate surface area is 250 Å². The van der Waals surface area contributed by atoms with Crippen molar-refractivity contribution in [2.24, 2.45) is 0 Å². The Bertz CT molecular complexity index is 1440.